The summed E-state index contributed by atoms with van der Waals surface area (Å²) in [5.41, 5.74) is 6.86. The van der Waals surface area contributed by atoms with E-state index in [1.54, 1.807) is 0 Å². The van der Waals surface area contributed by atoms with Crippen molar-refractivity contribution in [1.29, 1.82) is 5.41 Å². The van der Waals surface area contributed by atoms with Crippen molar-refractivity contribution >= 4 is 17.1 Å². The van der Waals surface area contributed by atoms with E-state index in [9.17, 15) is 0 Å². The summed E-state index contributed by atoms with van der Waals surface area (Å²) in [6.45, 7) is 19.8. The SMILES string of the molecule is C/C(=N\c1c(C(C)C)cccc1C(C)C)c1cccc(C(=N)CC(C)C(C)(C)C)n1. The molecule has 0 radical (unpaired) electrons. The van der Waals surface area contributed by atoms with Crippen molar-refractivity contribution in [2.75, 3.05) is 0 Å². The molecule has 162 valence electrons. The molecule has 3 heteroatoms. The van der Waals surface area contributed by atoms with Gasteiger partial charge in [-0.1, -0.05) is 79.7 Å². The number of rotatable bonds is 7. The van der Waals surface area contributed by atoms with Gasteiger partial charge in [0.05, 0.1) is 28.5 Å². The Morgan fingerprint density at radius 1 is 0.900 bits per heavy atom. The normalized spacial score (nSPS) is 13.8. The third kappa shape index (κ3) is 5.87. The molecule has 3 nitrogen and oxygen atoms in total. The van der Waals surface area contributed by atoms with Crippen LogP contribution in [0.4, 0.5) is 5.69 Å². The topological polar surface area (TPSA) is 49.1 Å². The van der Waals surface area contributed by atoms with E-state index >= 15 is 0 Å². The second kappa shape index (κ2) is 9.68. The number of aliphatic imine (C=N–C) groups is 1. The third-order valence-electron chi connectivity index (χ3n) is 6.04. The summed E-state index contributed by atoms with van der Waals surface area (Å²) in [4.78, 5) is 9.85. The minimum absolute atomic E-state index is 0.176. The average molecular weight is 406 g/mol. The number of benzene rings is 1. The zero-order valence-corrected chi connectivity index (χ0v) is 20.3. The quantitative estimate of drug-likeness (QED) is 0.467. The van der Waals surface area contributed by atoms with Crippen molar-refractivity contribution in [3.05, 3.63) is 58.9 Å². The van der Waals surface area contributed by atoms with Gasteiger partial charge in [0.1, 0.15) is 0 Å². The van der Waals surface area contributed by atoms with Gasteiger partial charge in [0.2, 0.25) is 0 Å². The minimum Gasteiger partial charge on any atom is -0.303 e. The summed E-state index contributed by atoms with van der Waals surface area (Å²) in [5, 5.41) is 8.58. The highest BCUT2D eigenvalue weighted by molar-refractivity contribution is 6.01. The molecule has 1 heterocycles. The first-order valence-corrected chi connectivity index (χ1v) is 11.1. The maximum absolute atomic E-state index is 8.58. The third-order valence-corrected chi connectivity index (χ3v) is 6.04. The fourth-order valence-electron chi connectivity index (χ4n) is 3.39. The molecule has 0 aliphatic carbocycles. The standard InChI is InChI=1S/C27H39N3/c1-17(2)21-12-10-13-22(18(3)4)26(21)29-20(6)24-14-11-15-25(30-24)23(28)16-19(5)27(7,8)9/h10-15,17-19,28H,16H2,1-9H3/b28-23?,29-20+. The molecule has 0 aliphatic heterocycles. The van der Waals surface area contributed by atoms with E-state index < -0.39 is 0 Å². The van der Waals surface area contributed by atoms with Crippen molar-refractivity contribution in [2.24, 2.45) is 16.3 Å². The number of nitrogens with one attached hydrogen (secondary N) is 1. The van der Waals surface area contributed by atoms with Crippen molar-refractivity contribution < 1.29 is 0 Å². The molecule has 0 amide bonds. The van der Waals surface area contributed by atoms with Crippen molar-refractivity contribution in [1.82, 2.24) is 4.98 Å². The molecule has 0 bridgehead atoms. The van der Waals surface area contributed by atoms with E-state index in [2.05, 4.69) is 73.6 Å². The van der Waals surface area contributed by atoms with Crippen LogP contribution in [0, 0.1) is 16.7 Å². The van der Waals surface area contributed by atoms with Crippen molar-refractivity contribution in [2.45, 2.75) is 80.6 Å². The lowest BCUT2D eigenvalue weighted by Crippen LogP contribution is -2.21. The Hall–Kier alpha value is -2.29. The number of nitrogens with zero attached hydrogens (tertiary/aromatic N) is 2. The van der Waals surface area contributed by atoms with Gasteiger partial charge in [-0.3, -0.25) is 4.99 Å². The number of hydrogen-bond donors (Lipinski definition) is 1. The van der Waals surface area contributed by atoms with Gasteiger partial charge in [-0.15, -0.1) is 0 Å². The van der Waals surface area contributed by atoms with Gasteiger partial charge in [0, 0.05) is 0 Å². The predicted octanol–water partition coefficient (Wildman–Crippen LogP) is 7.91. The van der Waals surface area contributed by atoms with E-state index in [4.69, 9.17) is 15.4 Å². The summed E-state index contributed by atoms with van der Waals surface area (Å²) in [6, 6.07) is 12.4. The Bertz CT molecular complexity index is 888. The van der Waals surface area contributed by atoms with Gasteiger partial charge >= 0.3 is 0 Å². The maximum atomic E-state index is 8.58. The first kappa shape index (κ1) is 24.0. The van der Waals surface area contributed by atoms with E-state index in [0.29, 0.717) is 23.5 Å². The lowest BCUT2D eigenvalue weighted by atomic mass is 9.79. The molecule has 1 unspecified atom stereocenters. The molecule has 1 atom stereocenters. The molecule has 0 spiro atoms. The molecule has 2 aromatic rings. The molecule has 0 saturated heterocycles. The van der Waals surface area contributed by atoms with Gasteiger partial charge in [0.15, 0.2) is 0 Å². The predicted molar refractivity (Wildman–Crippen MR) is 131 cm³/mol. The highest BCUT2D eigenvalue weighted by atomic mass is 14.8. The highest BCUT2D eigenvalue weighted by Gasteiger charge is 2.22. The van der Waals surface area contributed by atoms with Crippen LogP contribution in [-0.4, -0.2) is 16.4 Å². The molecule has 30 heavy (non-hydrogen) atoms. The maximum Gasteiger partial charge on any atom is 0.0849 e. The summed E-state index contributed by atoms with van der Waals surface area (Å²) < 4.78 is 0. The van der Waals surface area contributed by atoms with Crippen molar-refractivity contribution in [3.63, 3.8) is 0 Å². The van der Waals surface area contributed by atoms with Crippen LogP contribution in [-0.2, 0) is 0 Å². The lowest BCUT2D eigenvalue weighted by molar-refractivity contribution is 0.269. The second-order valence-corrected chi connectivity index (χ2v) is 10.1. The van der Waals surface area contributed by atoms with Gasteiger partial charge in [-0.05, 0) is 59.8 Å². The fourth-order valence-corrected chi connectivity index (χ4v) is 3.39. The Balaban J connectivity index is 2.42. The van der Waals surface area contributed by atoms with Crippen LogP contribution in [0.25, 0.3) is 0 Å². The van der Waals surface area contributed by atoms with Crippen LogP contribution >= 0.6 is 0 Å². The summed E-state index contributed by atoms with van der Waals surface area (Å²) >= 11 is 0. The molecule has 1 N–H and O–H groups in total. The Kier molecular flexibility index (Phi) is 7.74. The number of aromatic nitrogens is 1. The molecule has 0 saturated carbocycles. The first-order chi connectivity index (χ1) is 13.9. The largest absolute Gasteiger partial charge is 0.303 e. The first-order valence-electron chi connectivity index (χ1n) is 11.1. The summed E-state index contributed by atoms with van der Waals surface area (Å²) in [6.07, 6.45) is 0.726. The van der Waals surface area contributed by atoms with E-state index in [1.165, 1.54) is 11.1 Å². The van der Waals surface area contributed by atoms with Gasteiger partial charge in [0.25, 0.3) is 0 Å². The zero-order valence-electron chi connectivity index (χ0n) is 20.3. The lowest BCUT2D eigenvalue weighted by Gasteiger charge is -2.27. The summed E-state index contributed by atoms with van der Waals surface area (Å²) in [7, 11) is 0. The Morgan fingerprint density at radius 3 is 1.90 bits per heavy atom. The van der Waals surface area contributed by atoms with Crippen LogP contribution in [0.15, 0.2) is 41.4 Å². The molecule has 1 aromatic carbocycles. The fraction of sp³-hybridized carbons (Fsp3) is 0.519. The number of para-hydroxylation sites is 1. The van der Waals surface area contributed by atoms with Crippen molar-refractivity contribution in [3.8, 4) is 0 Å². The Morgan fingerprint density at radius 2 is 1.40 bits per heavy atom. The molecule has 0 fully saturated rings. The molecular formula is C27H39N3. The molecule has 1 aromatic heterocycles. The monoisotopic (exact) mass is 405 g/mol. The van der Waals surface area contributed by atoms with Gasteiger partial charge < -0.3 is 5.41 Å². The minimum atomic E-state index is 0.176. The van der Waals surface area contributed by atoms with Crippen LogP contribution in [0.2, 0.25) is 0 Å². The van der Waals surface area contributed by atoms with E-state index in [-0.39, 0.29) is 5.41 Å². The second-order valence-electron chi connectivity index (χ2n) is 10.1. The highest BCUT2D eigenvalue weighted by Crippen LogP contribution is 2.35. The van der Waals surface area contributed by atoms with Crippen LogP contribution < -0.4 is 0 Å². The Labute approximate surface area is 183 Å². The van der Waals surface area contributed by atoms with Gasteiger partial charge in [-0.2, -0.15) is 0 Å². The van der Waals surface area contributed by atoms with Crippen LogP contribution in [0.3, 0.4) is 0 Å². The van der Waals surface area contributed by atoms with Gasteiger partial charge in [-0.25, -0.2) is 4.98 Å². The van der Waals surface area contributed by atoms with E-state index in [0.717, 1.165) is 29.2 Å². The van der Waals surface area contributed by atoms with E-state index in [1.807, 2.05) is 25.1 Å². The van der Waals surface area contributed by atoms with Crippen LogP contribution in [0.5, 0.6) is 0 Å². The molecular weight excluding hydrogens is 366 g/mol. The summed E-state index contributed by atoms with van der Waals surface area (Å²) in [5.74, 6) is 1.22. The smallest absolute Gasteiger partial charge is 0.0849 e. The zero-order chi connectivity index (χ0) is 22.6. The number of hydrogen-bond acceptors (Lipinski definition) is 3. The molecule has 0 aliphatic rings. The molecule has 2 rings (SSSR count). The average Bonchev–Trinajstić information content (AvgIpc) is 2.66. The number of pyridine rings is 1. The van der Waals surface area contributed by atoms with Crippen LogP contribution in [0.1, 0.15) is 103 Å².